The topological polar surface area (TPSA) is 78.0 Å². The molecule has 1 aliphatic heterocycles. The molecule has 2 amide bonds. The molecule has 1 heterocycles. The summed E-state index contributed by atoms with van der Waals surface area (Å²) in [6.07, 6.45) is 1.82. The van der Waals surface area contributed by atoms with E-state index in [9.17, 15) is 18.0 Å². The lowest BCUT2D eigenvalue weighted by Gasteiger charge is -2.25. The van der Waals surface area contributed by atoms with Crippen LogP contribution in [0.1, 0.15) is 15.9 Å². The molecule has 0 bridgehead atoms. The SMILES string of the molecule is CN(C)C(=O)c1ccc(N(CC(=O)N2CCc3ccccc32)S(C)(=O)=O)cc1. The average molecular weight is 401 g/mol. The molecule has 2 aromatic carbocycles. The van der Waals surface area contributed by atoms with Crippen LogP contribution in [0.25, 0.3) is 0 Å². The number of anilines is 2. The number of amides is 2. The number of para-hydroxylation sites is 1. The van der Waals surface area contributed by atoms with Gasteiger partial charge in [0.25, 0.3) is 5.91 Å². The Morgan fingerprint density at radius 2 is 1.68 bits per heavy atom. The lowest BCUT2D eigenvalue weighted by Crippen LogP contribution is -2.42. The van der Waals surface area contributed by atoms with Crippen LogP contribution in [0.15, 0.2) is 48.5 Å². The molecular formula is C20H23N3O4S. The first-order valence-electron chi connectivity index (χ1n) is 8.86. The van der Waals surface area contributed by atoms with E-state index in [0.717, 1.165) is 28.2 Å². The summed E-state index contributed by atoms with van der Waals surface area (Å²) in [6, 6.07) is 13.8. The number of hydrogen-bond acceptors (Lipinski definition) is 4. The second kappa shape index (κ2) is 7.63. The van der Waals surface area contributed by atoms with Crippen LogP contribution in [0.4, 0.5) is 11.4 Å². The van der Waals surface area contributed by atoms with E-state index in [0.29, 0.717) is 17.8 Å². The van der Waals surface area contributed by atoms with Crippen molar-refractivity contribution >= 4 is 33.2 Å². The number of benzene rings is 2. The molecule has 3 rings (SSSR count). The Labute approximate surface area is 165 Å². The van der Waals surface area contributed by atoms with Gasteiger partial charge in [0.15, 0.2) is 0 Å². The highest BCUT2D eigenvalue weighted by Crippen LogP contribution is 2.28. The fourth-order valence-corrected chi connectivity index (χ4v) is 4.08. The smallest absolute Gasteiger partial charge is 0.253 e. The normalized spacial score (nSPS) is 13.2. The minimum atomic E-state index is -3.68. The van der Waals surface area contributed by atoms with Gasteiger partial charge in [-0.25, -0.2) is 8.42 Å². The van der Waals surface area contributed by atoms with Crippen molar-refractivity contribution in [1.82, 2.24) is 4.90 Å². The van der Waals surface area contributed by atoms with Crippen molar-refractivity contribution < 1.29 is 18.0 Å². The molecule has 0 fully saturated rings. The van der Waals surface area contributed by atoms with Crippen LogP contribution < -0.4 is 9.21 Å². The van der Waals surface area contributed by atoms with Crippen LogP contribution in [0.2, 0.25) is 0 Å². The Balaban J connectivity index is 1.84. The third-order valence-corrected chi connectivity index (χ3v) is 5.82. The first-order chi connectivity index (χ1) is 13.2. The maximum Gasteiger partial charge on any atom is 0.253 e. The molecule has 28 heavy (non-hydrogen) atoms. The zero-order chi connectivity index (χ0) is 20.5. The third-order valence-electron chi connectivity index (χ3n) is 4.68. The molecule has 0 atom stereocenters. The van der Waals surface area contributed by atoms with E-state index in [4.69, 9.17) is 0 Å². The van der Waals surface area contributed by atoms with Crippen LogP contribution >= 0.6 is 0 Å². The molecule has 7 nitrogen and oxygen atoms in total. The summed E-state index contributed by atoms with van der Waals surface area (Å²) < 4.78 is 25.7. The number of sulfonamides is 1. The first kappa shape index (κ1) is 19.9. The van der Waals surface area contributed by atoms with Crippen LogP contribution in [-0.4, -0.2) is 58.6 Å². The molecule has 0 radical (unpaired) electrons. The summed E-state index contributed by atoms with van der Waals surface area (Å²) in [5, 5.41) is 0. The summed E-state index contributed by atoms with van der Waals surface area (Å²) in [5.74, 6) is -0.467. The number of hydrogen-bond donors (Lipinski definition) is 0. The van der Waals surface area contributed by atoms with E-state index in [2.05, 4.69) is 0 Å². The van der Waals surface area contributed by atoms with E-state index in [1.54, 1.807) is 43.3 Å². The van der Waals surface area contributed by atoms with Gasteiger partial charge in [-0.15, -0.1) is 0 Å². The summed E-state index contributed by atoms with van der Waals surface area (Å²) in [4.78, 5) is 28.0. The Kier molecular flexibility index (Phi) is 5.42. The molecule has 0 spiro atoms. The summed E-state index contributed by atoms with van der Waals surface area (Å²) in [5.41, 5.74) is 2.70. The highest BCUT2D eigenvalue weighted by Gasteiger charge is 2.28. The molecule has 148 valence electrons. The number of rotatable bonds is 5. The Morgan fingerprint density at radius 1 is 1.04 bits per heavy atom. The maximum atomic E-state index is 12.9. The molecule has 0 saturated heterocycles. The fourth-order valence-electron chi connectivity index (χ4n) is 3.23. The van der Waals surface area contributed by atoms with Crippen molar-refractivity contribution in [2.75, 3.05) is 42.6 Å². The van der Waals surface area contributed by atoms with Crippen molar-refractivity contribution in [1.29, 1.82) is 0 Å². The maximum absolute atomic E-state index is 12.9. The number of nitrogens with zero attached hydrogens (tertiary/aromatic N) is 3. The fraction of sp³-hybridized carbons (Fsp3) is 0.300. The molecule has 0 aliphatic carbocycles. The van der Waals surface area contributed by atoms with E-state index in [1.165, 1.54) is 4.90 Å². The van der Waals surface area contributed by atoms with E-state index < -0.39 is 10.0 Å². The van der Waals surface area contributed by atoms with Crippen molar-refractivity contribution in [3.63, 3.8) is 0 Å². The zero-order valence-corrected chi connectivity index (χ0v) is 16.9. The van der Waals surface area contributed by atoms with Crippen LogP contribution in [-0.2, 0) is 21.2 Å². The van der Waals surface area contributed by atoms with Crippen LogP contribution in [0, 0.1) is 0 Å². The van der Waals surface area contributed by atoms with Gasteiger partial charge in [-0.2, -0.15) is 0 Å². The van der Waals surface area contributed by atoms with Gasteiger partial charge < -0.3 is 9.80 Å². The highest BCUT2D eigenvalue weighted by atomic mass is 32.2. The lowest BCUT2D eigenvalue weighted by atomic mass is 10.2. The first-order valence-corrected chi connectivity index (χ1v) is 10.7. The highest BCUT2D eigenvalue weighted by molar-refractivity contribution is 7.92. The number of carbonyl (C=O) groups is 2. The molecule has 0 N–H and O–H groups in total. The number of carbonyl (C=O) groups excluding carboxylic acids is 2. The molecule has 0 saturated carbocycles. The average Bonchev–Trinajstić information content (AvgIpc) is 3.09. The third kappa shape index (κ3) is 4.01. The van der Waals surface area contributed by atoms with Crippen molar-refractivity contribution in [3.05, 3.63) is 59.7 Å². The molecule has 0 aromatic heterocycles. The number of fused-ring (bicyclic) bond motifs is 1. The molecule has 8 heteroatoms. The molecule has 1 aliphatic rings. The van der Waals surface area contributed by atoms with E-state index in [1.807, 2.05) is 24.3 Å². The molecular weight excluding hydrogens is 378 g/mol. The van der Waals surface area contributed by atoms with Crippen LogP contribution in [0.3, 0.4) is 0 Å². The summed E-state index contributed by atoms with van der Waals surface area (Å²) >= 11 is 0. The van der Waals surface area contributed by atoms with E-state index in [-0.39, 0.29) is 18.4 Å². The van der Waals surface area contributed by atoms with Gasteiger partial charge >= 0.3 is 0 Å². The monoisotopic (exact) mass is 401 g/mol. The predicted molar refractivity (Wildman–Crippen MR) is 109 cm³/mol. The van der Waals surface area contributed by atoms with Crippen molar-refractivity contribution in [2.45, 2.75) is 6.42 Å². The second-order valence-electron chi connectivity index (χ2n) is 6.94. The van der Waals surface area contributed by atoms with Gasteiger partial charge in [-0.05, 0) is 42.3 Å². The molecule has 0 unspecified atom stereocenters. The van der Waals surface area contributed by atoms with Crippen molar-refractivity contribution in [2.24, 2.45) is 0 Å². The lowest BCUT2D eigenvalue weighted by molar-refractivity contribution is -0.117. The van der Waals surface area contributed by atoms with Gasteiger partial charge in [0, 0.05) is 31.9 Å². The van der Waals surface area contributed by atoms with Gasteiger partial charge in [0.05, 0.1) is 11.9 Å². The summed E-state index contributed by atoms with van der Waals surface area (Å²) in [7, 11) is -0.390. The quantitative estimate of drug-likeness (QED) is 0.765. The standard InChI is InChI=1S/C20H23N3O4S/c1-21(2)20(25)16-8-10-17(11-9-16)23(28(3,26)27)14-19(24)22-13-12-15-6-4-5-7-18(15)22/h4-11H,12-14H2,1-3H3. The van der Waals surface area contributed by atoms with Crippen molar-refractivity contribution in [3.8, 4) is 0 Å². The van der Waals surface area contributed by atoms with Gasteiger partial charge in [0.1, 0.15) is 6.54 Å². The van der Waals surface area contributed by atoms with E-state index >= 15 is 0 Å². The van der Waals surface area contributed by atoms with Gasteiger partial charge in [-0.3, -0.25) is 13.9 Å². The van der Waals surface area contributed by atoms with Crippen LogP contribution in [0.5, 0.6) is 0 Å². The minimum absolute atomic E-state index is 0.179. The second-order valence-corrected chi connectivity index (χ2v) is 8.85. The summed E-state index contributed by atoms with van der Waals surface area (Å²) in [6.45, 7) is 0.236. The largest absolute Gasteiger partial charge is 0.345 e. The Bertz CT molecular complexity index is 1000. The Morgan fingerprint density at radius 3 is 2.29 bits per heavy atom. The molecule has 2 aromatic rings. The minimum Gasteiger partial charge on any atom is -0.345 e. The van der Waals surface area contributed by atoms with Gasteiger partial charge in [-0.1, -0.05) is 18.2 Å². The Hall–Kier alpha value is -2.87. The predicted octanol–water partition coefficient (Wildman–Crippen LogP) is 1.74. The van der Waals surface area contributed by atoms with Gasteiger partial charge in [0.2, 0.25) is 15.9 Å². The zero-order valence-electron chi connectivity index (χ0n) is 16.1.